The minimum absolute atomic E-state index is 0.457. The van der Waals surface area contributed by atoms with E-state index in [0.717, 1.165) is 37.3 Å². The number of ether oxygens (including phenoxy) is 1. The Labute approximate surface area is 129 Å². The summed E-state index contributed by atoms with van der Waals surface area (Å²) in [6.07, 6.45) is 8.70. The van der Waals surface area contributed by atoms with E-state index in [2.05, 4.69) is 22.0 Å². The molecule has 4 aliphatic heterocycles. The van der Waals surface area contributed by atoms with Crippen molar-refractivity contribution in [2.24, 2.45) is 0 Å². The van der Waals surface area contributed by atoms with Gasteiger partial charge in [-0.2, -0.15) is 0 Å². The molecule has 0 aliphatic carbocycles. The normalized spacial score (nSPS) is 44.1. The van der Waals surface area contributed by atoms with Gasteiger partial charge < -0.3 is 10.1 Å². The number of morpholine rings is 1. The number of piperidine rings is 1. The predicted octanol–water partition coefficient (Wildman–Crippen LogP) is 1.45. The summed E-state index contributed by atoms with van der Waals surface area (Å²) in [5.74, 6) is 0. The van der Waals surface area contributed by atoms with Crippen LogP contribution in [0.15, 0.2) is 0 Å². The molecular formula is C17H31N3O. The van der Waals surface area contributed by atoms with Crippen LogP contribution in [0.5, 0.6) is 0 Å². The van der Waals surface area contributed by atoms with Crippen LogP contribution in [-0.4, -0.2) is 72.9 Å². The first kappa shape index (κ1) is 14.4. The number of rotatable bonds is 4. The van der Waals surface area contributed by atoms with Gasteiger partial charge in [0.1, 0.15) is 0 Å². The fourth-order valence-electron chi connectivity index (χ4n) is 5.26. The minimum Gasteiger partial charge on any atom is -0.374 e. The molecule has 0 amide bonds. The zero-order chi connectivity index (χ0) is 14.2. The van der Waals surface area contributed by atoms with Crippen molar-refractivity contribution in [3.8, 4) is 0 Å². The Balaban J connectivity index is 1.33. The molecule has 0 spiro atoms. The Morgan fingerprint density at radius 1 is 1.10 bits per heavy atom. The third-order valence-corrected chi connectivity index (χ3v) is 6.25. The Kier molecular flexibility index (Phi) is 4.23. The first-order chi connectivity index (χ1) is 10.3. The maximum atomic E-state index is 6.19. The van der Waals surface area contributed by atoms with E-state index >= 15 is 0 Å². The number of fused-ring (bicyclic) bond motifs is 3. The van der Waals surface area contributed by atoms with Gasteiger partial charge in [-0.05, 0) is 51.6 Å². The molecular weight excluding hydrogens is 262 g/mol. The van der Waals surface area contributed by atoms with Gasteiger partial charge in [-0.3, -0.25) is 9.80 Å². The number of hydrogen-bond donors (Lipinski definition) is 1. The van der Waals surface area contributed by atoms with E-state index in [9.17, 15) is 0 Å². The highest BCUT2D eigenvalue weighted by Crippen LogP contribution is 2.36. The van der Waals surface area contributed by atoms with Crippen LogP contribution in [0, 0.1) is 0 Å². The monoisotopic (exact) mass is 293 g/mol. The van der Waals surface area contributed by atoms with Crippen LogP contribution in [0.25, 0.3) is 0 Å². The lowest BCUT2D eigenvalue weighted by Crippen LogP contribution is -2.55. The van der Waals surface area contributed by atoms with Crippen LogP contribution >= 0.6 is 0 Å². The van der Waals surface area contributed by atoms with Gasteiger partial charge >= 0.3 is 0 Å². The van der Waals surface area contributed by atoms with Crippen molar-refractivity contribution in [3.05, 3.63) is 0 Å². The molecule has 4 aliphatic rings. The van der Waals surface area contributed by atoms with Gasteiger partial charge in [-0.1, -0.05) is 6.92 Å². The molecule has 120 valence electrons. The Bertz CT molecular complexity index is 350. The quantitative estimate of drug-likeness (QED) is 0.849. The lowest BCUT2D eigenvalue weighted by molar-refractivity contribution is -0.0707. The maximum Gasteiger partial charge on any atom is 0.0829 e. The summed E-state index contributed by atoms with van der Waals surface area (Å²) >= 11 is 0. The molecule has 21 heavy (non-hydrogen) atoms. The van der Waals surface area contributed by atoms with Crippen LogP contribution in [0.2, 0.25) is 0 Å². The average molecular weight is 293 g/mol. The smallest absolute Gasteiger partial charge is 0.0829 e. The molecule has 0 aromatic carbocycles. The summed E-state index contributed by atoms with van der Waals surface area (Å²) in [5.41, 5.74) is 0. The first-order valence-electron chi connectivity index (χ1n) is 9.18. The Hall–Kier alpha value is -0.160. The summed E-state index contributed by atoms with van der Waals surface area (Å²) in [4.78, 5) is 5.48. The summed E-state index contributed by atoms with van der Waals surface area (Å²) in [6.45, 7) is 7.99. The van der Waals surface area contributed by atoms with Crippen molar-refractivity contribution in [1.82, 2.24) is 15.1 Å². The zero-order valence-corrected chi connectivity index (χ0v) is 13.5. The molecule has 0 aromatic heterocycles. The van der Waals surface area contributed by atoms with Crippen molar-refractivity contribution >= 4 is 0 Å². The SMILES string of the molecule is CCNC1CC2CCC(C1)N2CC1CN2CCCC2CO1. The van der Waals surface area contributed by atoms with Crippen LogP contribution in [0.4, 0.5) is 0 Å². The fraction of sp³-hybridized carbons (Fsp3) is 1.00. The summed E-state index contributed by atoms with van der Waals surface area (Å²) in [7, 11) is 0. The maximum absolute atomic E-state index is 6.19. The van der Waals surface area contributed by atoms with E-state index in [0.29, 0.717) is 6.10 Å². The Morgan fingerprint density at radius 2 is 1.90 bits per heavy atom. The molecule has 4 fully saturated rings. The molecule has 4 unspecified atom stereocenters. The largest absolute Gasteiger partial charge is 0.374 e. The van der Waals surface area contributed by atoms with Crippen molar-refractivity contribution in [3.63, 3.8) is 0 Å². The van der Waals surface area contributed by atoms with Crippen molar-refractivity contribution in [1.29, 1.82) is 0 Å². The summed E-state index contributed by atoms with van der Waals surface area (Å²) in [5, 5.41) is 3.67. The molecule has 0 aromatic rings. The topological polar surface area (TPSA) is 27.7 Å². The minimum atomic E-state index is 0.457. The number of nitrogens with one attached hydrogen (secondary N) is 1. The van der Waals surface area contributed by atoms with Gasteiger partial charge in [0.15, 0.2) is 0 Å². The van der Waals surface area contributed by atoms with E-state index in [-0.39, 0.29) is 0 Å². The van der Waals surface area contributed by atoms with Crippen LogP contribution < -0.4 is 5.32 Å². The molecule has 4 saturated heterocycles. The molecule has 4 heteroatoms. The van der Waals surface area contributed by atoms with Crippen LogP contribution in [0.3, 0.4) is 0 Å². The van der Waals surface area contributed by atoms with Gasteiger partial charge in [-0.25, -0.2) is 0 Å². The van der Waals surface area contributed by atoms with Gasteiger partial charge in [-0.15, -0.1) is 0 Å². The Morgan fingerprint density at radius 3 is 2.67 bits per heavy atom. The van der Waals surface area contributed by atoms with Crippen LogP contribution in [0.1, 0.15) is 45.4 Å². The van der Waals surface area contributed by atoms with E-state index in [1.54, 1.807) is 0 Å². The molecule has 4 atom stereocenters. The van der Waals surface area contributed by atoms with E-state index in [4.69, 9.17) is 4.74 Å². The van der Waals surface area contributed by atoms with Gasteiger partial charge in [0.2, 0.25) is 0 Å². The van der Waals surface area contributed by atoms with E-state index < -0.39 is 0 Å². The second-order valence-corrected chi connectivity index (χ2v) is 7.55. The lowest BCUT2D eigenvalue weighted by Gasteiger charge is -2.43. The summed E-state index contributed by atoms with van der Waals surface area (Å²) in [6, 6.07) is 3.12. The van der Waals surface area contributed by atoms with Crippen molar-refractivity contribution in [2.75, 3.05) is 32.8 Å². The standard InChI is InChI=1S/C17H31N3O/c1-2-18-13-8-14-5-6-15(9-13)20(14)11-17-10-19-7-3-4-16(19)12-21-17/h13-18H,2-12H2,1H3. The van der Waals surface area contributed by atoms with Crippen LogP contribution in [-0.2, 0) is 4.74 Å². The van der Waals surface area contributed by atoms with E-state index in [1.165, 1.54) is 58.2 Å². The predicted molar refractivity (Wildman–Crippen MR) is 84.5 cm³/mol. The average Bonchev–Trinajstić information content (AvgIpc) is 3.02. The second-order valence-electron chi connectivity index (χ2n) is 7.55. The molecule has 4 rings (SSSR count). The number of hydrogen-bond acceptors (Lipinski definition) is 4. The second kappa shape index (κ2) is 6.15. The lowest BCUT2D eigenvalue weighted by atomic mass is 9.96. The highest BCUT2D eigenvalue weighted by atomic mass is 16.5. The highest BCUT2D eigenvalue weighted by Gasteiger charge is 2.42. The van der Waals surface area contributed by atoms with Crippen molar-refractivity contribution < 1.29 is 4.74 Å². The van der Waals surface area contributed by atoms with Crippen molar-refractivity contribution in [2.45, 2.75) is 75.7 Å². The third kappa shape index (κ3) is 2.88. The number of nitrogens with zero attached hydrogens (tertiary/aromatic N) is 2. The molecule has 2 bridgehead atoms. The highest BCUT2D eigenvalue weighted by molar-refractivity contribution is 4.99. The first-order valence-corrected chi connectivity index (χ1v) is 9.18. The molecule has 4 nitrogen and oxygen atoms in total. The zero-order valence-electron chi connectivity index (χ0n) is 13.5. The van der Waals surface area contributed by atoms with E-state index in [1.807, 2.05) is 0 Å². The van der Waals surface area contributed by atoms with Gasteiger partial charge in [0.25, 0.3) is 0 Å². The summed E-state index contributed by atoms with van der Waals surface area (Å²) < 4.78 is 6.19. The van der Waals surface area contributed by atoms with Gasteiger partial charge in [0, 0.05) is 37.3 Å². The molecule has 1 N–H and O–H groups in total. The fourth-order valence-corrected chi connectivity index (χ4v) is 5.26. The molecule has 4 heterocycles. The third-order valence-electron chi connectivity index (χ3n) is 6.25. The molecule has 0 radical (unpaired) electrons. The molecule has 0 saturated carbocycles. The van der Waals surface area contributed by atoms with Gasteiger partial charge in [0.05, 0.1) is 12.7 Å².